The van der Waals surface area contributed by atoms with Crippen LogP contribution in [0, 0.1) is 23.7 Å². The third kappa shape index (κ3) is 12.0. The lowest BCUT2D eigenvalue weighted by atomic mass is 9.74. The molecule has 66 heavy (non-hydrogen) atoms. The number of rotatable bonds is 12. The van der Waals surface area contributed by atoms with E-state index in [4.69, 9.17) is 37.9 Å². The first-order valence-corrected chi connectivity index (χ1v) is 23.8. The summed E-state index contributed by atoms with van der Waals surface area (Å²) >= 11 is 0. The first-order chi connectivity index (χ1) is 30.9. The van der Waals surface area contributed by atoms with Gasteiger partial charge in [-0.2, -0.15) is 0 Å². The molecular weight excluding hydrogens is 857 g/mol. The summed E-state index contributed by atoms with van der Waals surface area (Å²) in [5, 5.41) is 49.5. The third-order valence-electron chi connectivity index (χ3n) is 15.2. The van der Waals surface area contributed by atoms with Crippen molar-refractivity contribution >= 4 is 17.8 Å². The first kappa shape index (κ1) is 54.1. The fraction of sp³-hybridized carbons (Fsp3) is 0.816. The molecule has 3 saturated heterocycles. The molecule has 17 nitrogen and oxygen atoms in total. The van der Waals surface area contributed by atoms with E-state index in [2.05, 4.69) is 17.4 Å². The summed E-state index contributed by atoms with van der Waals surface area (Å²) in [6.07, 6.45) is -8.87. The largest absolute Gasteiger partial charge is 0.459 e. The fourth-order valence-electron chi connectivity index (χ4n) is 10.8. The van der Waals surface area contributed by atoms with Crippen LogP contribution in [-0.4, -0.2) is 168 Å². The number of aliphatic hydroxyl groups excluding tert-OH is 3. The molecule has 0 saturated carbocycles. The highest BCUT2D eigenvalue weighted by Crippen LogP contribution is 2.42. The van der Waals surface area contributed by atoms with E-state index >= 15 is 0 Å². The predicted octanol–water partition coefficient (Wildman–Crippen LogP) is 3.70. The van der Waals surface area contributed by atoms with Crippen molar-refractivity contribution < 1.29 is 72.7 Å². The zero-order chi connectivity index (χ0) is 49.1. The third-order valence-corrected chi connectivity index (χ3v) is 15.2. The van der Waals surface area contributed by atoms with Crippen molar-refractivity contribution in [1.29, 1.82) is 0 Å². The predicted molar refractivity (Wildman–Crippen MR) is 242 cm³/mol. The van der Waals surface area contributed by atoms with E-state index in [0.717, 1.165) is 12.8 Å². The van der Waals surface area contributed by atoms with Gasteiger partial charge in [0.15, 0.2) is 12.6 Å². The SMILES string of the molecule is CC[C@H]1OC(=O)[C@H](C)[C@@H](O[C@H]2C[C@@](C)(OC)[C@@H](O)[C@H](C)O2)[C@H](C)[C@@H](O[C@H]2O[C@H](C)C[C@H](N(C)CCOC(=O)NC3Cc4ccccc4C3)[C@H]2O)[C@](C)(OC)C[C@@H](C)C(=O)[C@H](C)[C@@H](O)[C@]1(C)O. The van der Waals surface area contributed by atoms with Crippen molar-refractivity contribution in [3.05, 3.63) is 35.4 Å². The second-order valence-electron chi connectivity index (χ2n) is 20.3. The second-order valence-corrected chi connectivity index (χ2v) is 20.3. The Balaban J connectivity index is 1.44. The number of alkyl carbamates (subject to hydrolysis) is 1. The number of Topliss-reactive ketones (excluding diaryl/α,β-unsaturated/α-hetero) is 1. The van der Waals surface area contributed by atoms with Gasteiger partial charge in [0.1, 0.15) is 36.3 Å². The van der Waals surface area contributed by atoms with Crippen LogP contribution in [0.25, 0.3) is 0 Å². The highest BCUT2D eigenvalue weighted by atomic mass is 16.7. The molecule has 5 N–H and O–H groups in total. The molecule has 17 heteroatoms. The number of ketones is 1. The van der Waals surface area contributed by atoms with Gasteiger partial charge in [0, 0.05) is 57.0 Å². The van der Waals surface area contributed by atoms with E-state index in [9.17, 15) is 34.8 Å². The average molecular weight is 937 g/mol. The van der Waals surface area contributed by atoms with Crippen LogP contribution in [-0.2, 0) is 60.3 Å². The Bertz CT molecular complexity index is 1760. The van der Waals surface area contributed by atoms with Crippen molar-refractivity contribution in [2.45, 2.75) is 198 Å². The van der Waals surface area contributed by atoms with Gasteiger partial charge < -0.3 is 63.6 Å². The zero-order valence-electron chi connectivity index (χ0n) is 41.4. The summed E-state index contributed by atoms with van der Waals surface area (Å²) in [5.41, 5.74) is -1.99. The molecule has 1 amide bonds. The smallest absolute Gasteiger partial charge is 0.407 e. The monoisotopic (exact) mass is 937 g/mol. The van der Waals surface area contributed by atoms with Gasteiger partial charge >= 0.3 is 12.1 Å². The number of nitrogens with one attached hydrogen (secondary N) is 1. The van der Waals surface area contributed by atoms with Crippen LogP contribution >= 0.6 is 0 Å². The number of nitrogens with zero attached hydrogens (tertiary/aromatic N) is 1. The molecule has 376 valence electrons. The number of carbonyl (C=O) groups excluding carboxylic acids is 3. The van der Waals surface area contributed by atoms with Gasteiger partial charge in [0.25, 0.3) is 0 Å². The van der Waals surface area contributed by atoms with Crippen LogP contribution in [0.4, 0.5) is 4.79 Å². The van der Waals surface area contributed by atoms with E-state index < -0.39 is 120 Å². The lowest BCUT2D eigenvalue weighted by Crippen LogP contribution is -2.61. The van der Waals surface area contributed by atoms with E-state index in [-0.39, 0.29) is 37.7 Å². The molecule has 5 rings (SSSR count). The minimum atomic E-state index is -2.00. The van der Waals surface area contributed by atoms with Gasteiger partial charge in [-0.25, -0.2) is 4.79 Å². The summed E-state index contributed by atoms with van der Waals surface area (Å²) in [7, 11) is 4.81. The van der Waals surface area contributed by atoms with Crippen molar-refractivity contribution in [1.82, 2.24) is 10.2 Å². The Hall–Kier alpha value is -2.81. The van der Waals surface area contributed by atoms with Gasteiger partial charge in [0.05, 0.1) is 47.6 Å². The Labute approximate surface area is 391 Å². The lowest BCUT2D eigenvalue weighted by Gasteiger charge is -2.50. The number of benzene rings is 1. The number of ether oxygens (including phenoxy) is 8. The van der Waals surface area contributed by atoms with Gasteiger partial charge in [0.2, 0.25) is 0 Å². The minimum absolute atomic E-state index is 0.0508. The minimum Gasteiger partial charge on any atom is -0.459 e. The summed E-state index contributed by atoms with van der Waals surface area (Å²) < 4.78 is 50.1. The van der Waals surface area contributed by atoms with Crippen LogP contribution in [0.2, 0.25) is 0 Å². The number of likely N-dealkylation sites (N-methyl/N-ethyl adjacent to an activating group) is 1. The molecule has 3 aliphatic heterocycles. The first-order valence-electron chi connectivity index (χ1n) is 23.8. The number of cyclic esters (lactones) is 1. The molecular formula is C49H80N2O15. The number of hydrogen-bond acceptors (Lipinski definition) is 16. The second kappa shape index (κ2) is 22.3. The van der Waals surface area contributed by atoms with E-state index in [0.29, 0.717) is 13.0 Å². The molecule has 0 unspecified atom stereocenters. The maximum Gasteiger partial charge on any atom is 0.407 e. The highest BCUT2D eigenvalue weighted by Gasteiger charge is 2.54. The van der Waals surface area contributed by atoms with E-state index in [1.807, 2.05) is 37.9 Å². The maximum atomic E-state index is 14.4. The number of amides is 1. The van der Waals surface area contributed by atoms with Gasteiger partial charge in [-0.1, -0.05) is 52.0 Å². The summed E-state index contributed by atoms with van der Waals surface area (Å²) in [4.78, 5) is 43.3. The zero-order valence-corrected chi connectivity index (χ0v) is 41.4. The number of aliphatic hydroxyl groups is 4. The maximum absolute atomic E-state index is 14.4. The topological polar surface area (TPSA) is 221 Å². The number of fused-ring (bicyclic) bond motifs is 1. The van der Waals surface area contributed by atoms with Crippen LogP contribution in [0.3, 0.4) is 0 Å². The summed E-state index contributed by atoms with van der Waals surface area (Å²) in [6, 6.07) is 7.56. The van der Waals surface area contributed by atoms with Gasteiger partial charge in [-0.3, -0.25) is 14.5 Å². The molecule has 4 aliphatic rings. The van der Waals surface area contributed by atoms with E-state index in [1.165, 1.54) is 39.2 Å². The van der Waals surface area contributed by atoms with Crippen molar-refractivity contribution in [2.75, 3.05) is 34.4 Å². The molecule has 1 aliphatic carbocycles. The Kier molecular flexibility index (Phi) is 18.3. The fourth-order valence-corrected chi connectivity index (χ4v) is 10.8. The van der Waals surface area contributed by atoms with Gasteiger partial charge in [-0.15, -0.1) is 0 Å². The molecule has 3 heterocycles. The van der Waals surface area contributed by atoms with Crippen LogP contribution in [0.5, 0.6) is 0 Å². The molecule has 1 aromatic carbocycles. The summed E-state index contributed by atoms with van der Waals surface area (Å²) in [5.74, 6) is -4.78. The number of carbonyl (C=O) groups is 3. The molecule has 0 bridgehead atoms. The Morgan fingerprint density at radius 1 is 0.879 bits per heavy atom. The highest BCUT2D eigenvalue weighted by molar-refractivity contribution is 5.83. The Morgan fingerprint density at radius 3 is 2.09 bits per heavy atom. The number of esters is 1. The standard InChI is InChI=1S/C49H80N2O15/c1-14-36-49(10,58)41(54)28(4)38(52)26(2)24-48(9,60-13)43(29(5)40(30(6)44(56)64-36)65-37-25-47(8,59-12)42(55)31(7)63-37)66-45-39(53)35(21-27(3)62-45)51(11)19-20-61-46(57)50-34-22-32-17-15-16-18-33(32)23-34/h15-18,26-31,34-37,39-43,45,53-55,58H,14,19-25H2,1-13H3,(H,50,57)/t26-,27-,28+,29+,30-,31+,35+,36-,37+,39-,40+,41-,42+,43-,45-,47-,48-,49-/m1/s1. The van der Waals surface area contributed by atoms with Crippen LogP contribution in [0.1, 0.15) is 106 Å². The number of hydrogen-bond donors (Lipinski definition) is 5. The van der Waals surface area contributed by atoms with Crippen molar-refractivity contribution in [2.24, 2.45) is 23.7 Å². The average Bonchev–Trinajstić information content (AvgIpc) is 3.69. The normalized spacial score (nSPS) is 42.1. The lowest BCUT2D eigenvalue weighted by molar-refractivity contribution is -0.319. The number of methoxy groups -OCH3 is 2. The quantitative estimate of drug-likeness (QED) is 0.189. The molecule has 0 aromatic heterocycles. The van der Waals surface area contributed by atoms with Crippen LogP contribution < -0.4 is 5.32 Å². The summed E-state index contributed by atoms with van der Waals surface area (Å²) in [6.45, 7) is 17.3. The molecule has 0 radical (unpaired) electrons. The van der Waals surface area contributed by atoms with Gasteiger partial charge in [-0.05, 0) is 91.8 Å². The van der Waals surface area contributed by atoms with Crippen LogP contribution in [0.15, 0.2) is 24.3 Å². The van der Waals surface area contributed by atoms with Crippen molar-refractivity contribution in [3.63, 3.8) is 0 Å². The van der Waals surface area contributed by atoms with Crippen molar-refractivity contribution in [3.8, 4) is 0 Å². The van der Waals surface area contributed by atoms with E-state index in [1.54, 1.807) is 41.5 Å². The molecule has 3 fully saturated rings. The molecule has 1 aromatic rings. The molecule has 18 atom stereocenters. The molecule has 0 spiro atoms. The Morgan fingerprint density at radius 2 is 1.50 bits per heavy atom.